The molecule has 3 aliphatic rings. The van der Waals surface area contributed by atoms with Crippen LogP contribution < -0.4 is 15.5 Å². The molecule has 2 saturated heterocycles. The number of hydrogen-bond donors (Lipinski definition) is 2. The molecular weight excluding hydrogens is 336 g/mol. The molecule has 0 bridgehead atoms. The number of guanidine groups is 1. The van der Waals surface area contributed by atoms with Crippen LogP contribution in [0.15, 0.2) is 35.3 Å². The highest BCUT2D eigenvalue weighted by molar-refractivity contribution is 5.80. The van der Waals surface area contributed by atoms with Crippen LogP contribution in [0.25, 0.3) is 0 Å². The van der Waals surface area contributed by atoms with E-state index in [1.165, 1.54) is 12.1 Å². The molecule has 3 unspecified atom stereocenters. The molecule has 3 atom stereocenters. The van der Waals surface area contributed by atoms with Crippen LogP contribution in [0.1, 0.15) is 40.0 Å². The molecule has 1 aromatic rings. The average molecular weight is 371 g/mol. The molecule has 2 aliphatic heterocycles. The van der Waals surface area contributed by atoms with E-state index in [0.717, 1.165) is 45.0 Å². The van der Waals surface area contributed by atoms with Gasteiger partial charge in [-0.3, -0.25) is 4.99 Å². The van der Waals surface area contributed by atoms with E-state index in [1.54, 1.807) is 0 Å². The molecule has 0 radical (unpaired) electrons. The Bertz CT molecular complexity index is 652. The van der Waals surface area contributed by atoms with Gasteiger partial charge in [0.2, 0.25) is 0 Å². The molecule has 5 nitrogen and oxygen atoms in total. The summed E-state index contributed by atoms with van der Waals surface area (Å²) in [4.78, 5) is 7.22. The van der Waals surface area contributed by atoms with Gasteiger partial charge in [0.15, 0.2) is 5.96 Å². The van der Waals surface area contributed by atoms with Gasteiger partial charge < -0.3 is 20.3 Å². The summed E-state index contributed by atoms with van der Waals surface area (Å²) in [6, 6.07) is 11.7. The van der Waals surface area contributed by atoms with Crippen LogP contribution >= 0.6 is 0 Å². The topological polar surface area (TPSA) is 48.9 Å². The Labute approximate surface area is 163 Å². The van der Waals surface area contributed by atoms with Gasteiger partial charge >= 0.3 is 0 Å². The fraction of sp³-hybridized carbons (Fsp3) is 0.682. The van der Waals surface area contributed by atoms with Crippen molar-refractivity contribution in [1.82, 2.24) is 10.6 Å². The summed E-state index contributed by atoms with van der Waals surface area (Å²) in [5.74, 6) is 1.61. The number of benzene rings is 1. The maximum atomic E-state index is 5.94. The largest absolute Gasteiger partial charge is 0.377 e. The molecule has 3 fully saturated rings. The Kier molecular flexibility index (Phi) is 5.31. The summed E-state index contributed by atoms with van der Waals surface area (Å²) in [6.45, 7) is 10.6. The van der Waals surface area contributed by atoms with Crippen LogP contribution in [0.4, 0.5) is 5.69 Å². The quantitative estimate of drug-likeness (QED) is 0.632. The molecule has 5 heteroatoms. The number of para-hydroxylation sites is 1. The monoisotopic (exact) mass is 370 g/mol. The number of anilines is 1. The third-order valence-corrected chi connectivity index (χ3v) is 6.67. The molecule has 0 spiro atoms. The second-order valence-corrected chi connectivity index (χ2v) is 8.75. The van der Waals surface area contributed by atoms with Gasteiger partial charge in [0.25, 0.3) is 0 Å². The molecule has 2 heterocycles. The summed E-state index contributed by atoms with van der Waals surface area (Å²) in [5.41, 5.74) is 1.51. The highest BCUT2D eigenvalue weighted by atomic mass is 16.5. The van der Waals surface area contributed by atoms with Crippen molar-refractivity contribution in [2.24, 2.45) is 16.3 Å². The Morgan fingerprint density at radius 3 is 2.59 bits per heavy atom. The van der Waals surface area contributed by atoms with Crippen LogP contribution in [0.5, 0.6) is 0 Å². The third-order valence-electron chi connectivity index (χ3n) is 6.67. The second-order valence-electron chi connectivity index (χ2n) is 8.75. The Morgan fingerprint density at radius 2 is 1.89 bits per heavy atom. The first-order valence-corrected chi connectivity index (χ1v) is 10.6. The fourth-order valence-electron chi connectivity index (χ4n) is 5.17. The predicted octanol–water partition coefficient (Wildman–Crippen LogP) is 3.02. The Balaban J connectivity index is 1.33. The van der Waals surface area contributed by atoms with Crippen molar-refractivity contribution in [2.75, 3.05) is 31.1 Å². The first-order chi connectivity index (χ1) is 13.1. The third kappa shape index (κ3) is 3.66. The number of rotatable bonds is 4. The van der Waals surface area contributed by atoms with Crippen molar-refractivity contribution in [3.8, 4) is 0 Å². The minimum Gasteiger partial charge on any atom is -0.377 e. The van der Waals surface area contributed by atoms with Gasteiger partial charge in [-0.05, 0) is 38.3 Å². The molecule has 0 amide bonds. The zero-order valence-electron chi connectivity index (χ0n) is 16.9. The number of hydrogen-bond acceptors (Lipinski definition) is 3. The molecule has 1 aromatic carbocycles. The maximum absolute atomic E-state index is 5.94. The fourth-order valence-corrected chi connectivity index (χ4v) is 5.17. The van der Waals surface area contributed by atoms with E-state index in [1.807, 2.05) is 0 Å². The van der Waals surface area contributed by atoms with Gasteiger partial charge in [-0.1, -0.05) is 32.0 Å². The van der Waals surface area contributed by atoms with E-state index in [4.69, 9.17) is 9.73 Å². The van der Waals surface area contributed by atoms with E-state index < -0.39 is 0 Å². The highest BCUT2D eigenvalue weighted by Crippen LogP contribution is 2.52. The number of ether oxygens (including phenoxy) is 1. The first-order valence-electron chi connectivity index (χ1n) is 10.6. The van der Waals surface area contributed by atoms with E-state index in [0.29, 0.717) is 24.1 Å². The summed E-state index contributed by atoms with van der Waals surface area (Å²) in [6.07, 6.45) is 3.86. The lowest BCUT2D eigenvalue weighted by Crippen LogP contribution is -2.68. The van der Waals surface area contributed by atoms with Crippen LogP contribution in [0, 0.1) is 11.3 Å². The van der Waals surface area contributed by atoms with Crippen molar-refractivity contribution in [2.45, 2.75) is 58.2 Å². The molecule has 2 N–H and O–H groups in total. The molecule has 4 rings (SSSR count). The minimum absolute atomic E-state index is 0.175. The second kappa shape index (κ2) is 7.70. The zero-order chi connectivity index (χ0) is 18.9. The lowest BCUT2D eigenvalue weighted by atomic mass is 9.57. The molecule has 1 saturated carbocycles. The van der Waals surface area contributed by atoms with Gasteiger partial charge in [0.05, 0.1) is 6.10 Å². The number of nitrogens with zero attached hydrogens (tertiary/aromatic N) is 2. The van der Waals surface area contributed by atoms with E-state index in [2.05, 4.69) is 66.6 Å². The number of aliphatic imine (C=N–C) groups is 1. The van der Waals surface area contributed by atoms with E-state index in [-0.39, 0.29) is 5.41 Å². The highest BCUT2D eigenvalue weighted by Gasteiger charge is 2.59. The van der Waals surface area contributed by atoms with Crippen LogP contribution in [0.3, 0.4) is 0 Å². The van der Waals surface area contributed by atoms with Gasteiger partial charge in [-0.2, -0.15) is 0 Å². The average Bonchev–Trinajstić information content (AvgIpc) is 3.15. The summed E-state index contributed by atoms with van der Waals surface area (Å²) in [7, 11) is 0. The minimum atomic E-state index is 0.175. The lowest BCUT2D eigenvalue weighted by molar-refractivity contribution is -0.106. The van der Waals surface area contributed by atoms with Gasteiger partial charge in [-0.15, -0.1) is 0 Å². The van der Waals surface area contributed by atoms with Crippen molar-refractivity contribution in [3.05, 3.63) is 30.3 Å². The normalized spacial score (nSPS) is 30.6. The van der Waals surface area contributed by atoms with Gasteiger partial charge in [-0.25, -0.2) is 0 Å². The van der Waals surface area contributed by atoms with Crippen LogP contribution in [-0.4, -0.2) is 50.4 Å². The number of fused-ring (bicyclic) bond motifs is 1. The first kappa shape index (κ1) is 18.6. The summed E-state index contributed by atoms with van der Waals surface area (Å²) < 4.78 is 5.94. The van der Waals surface area contributed by atoms with E-state index >= 15 is 0 Å². The van der Waals surface area contributed by atoms with Gasteiger partial charge in [0.1, 0.15) is 0 Å². The SMILES string of the molecule is CCN=C(NC1CCN(c2ccccc2)CC1)NC1C2CCOC2C1(C)C. The molecule has 148 valence electrons. The number of nitrogens with one attached hydrogen (secondary N) is 2. The standard InChI is InChI=1S/C22H34N4O/c1-4-23-21(25-19-18-12-15-27-20(18)22(19,2)3)24-16-10-13-26(14-11-16)17-8-6-5-7-9-17/h5-9,16,18-20H,4,10-15H2,1-3H3,(H2,23,24,25). The Hall–Kier alpha value is -1.75. The zero-order valence-corrected chi connectivity index (χ0v) is 16.9. The van der Waals surface area contributed by atoms with Crippen molar-refractivity contribution >= 4 is 11.6 Å². The predicted molar refractivity (Wildman–Crippen MR) is 111 cm³/mol. The van der Waals surface area contributed by atoms with Crippen molar-refractivity contribution in [1.29, 1.82) is 0 Å². The molecule has 0 aromatic heterocycles. The lowest BCUT2D eigenvalue weighted by Gasteiger charge is -2.55. The van der Waals surface area contributed by atoms with Crippen LogP contribution in [-0.2, 0) is 4.74 Å². The molecular formula is C22H34N4O. The van der Waals surface area contributed by atoms with Crippen molar-refractivity contribution in [3.63, 3.8) is 0 Å². The summed E-state index contributed by atoms with van der Waals surface area (Å²) in [5, 5.41) is 7.47. The Morgan fingerprint density at radius 1 is 1.15 bits per heavy atom. The van der Waals surface area contributed by atoms with Crippen molar-refractivity contribution < 1.29 is 4.74 Å². The summed E-state index contributed by atoms with van der Waals surface area (Å²) >= 11 is 0. The molecule has 1 aliphatic carbocycles. The van der Waals surface area contributed by atoms with Crippen LogP contribution in [0.2, 0.25) is 0 Å². The molecule has 27 heavy (non-hydrogen) atoms. The van der Waals surface area contributed by atoms with Gasteiger partial charge in [0, 0.05) is 55.3 Å². The van der Waals surface area contributed by atoms with E-state index in [9.17, 15) is 0 Å². The number of piperidine rings is 1. The maximum Gasteiger partial charge on any atom is 0.191 e. The smallest absolute Gasteiger partial charge is 0.191 e.